The smallest absolute Gasteiger partial charge is 0.264 e. The van der Waals surface area contributed by atoms with Crippen LogP contribution in [0, 0.1) is 6.92 Å². The molecule has 0 spiro atoms. The van der Waals surface area contributed by atoms with Crippen LogP contribution in [0.25, 0.3) is 0 Å². The van der Waals surface area contributed by atoms with E-state index in [0.29, 0.717) is 22.9 Å². The van der Waals surface area contributed by atoms with Crippen molar-refractivity contribution in [3.63, 3.8) is 0 Å². The molecular formula is C33H40ClN3O6S. The molecule has 2 amide bonds. The third kappa shape index (κ3) is 7.84. The van der Waals surface area contributed by atoms with Gasteiger partial charge in [-0.15, -0.1) is 0 Å². The van der Waals surface area contributed by atoms with Crippen molar-refractivity contribution in [2.24, 2.45) is 0 Å². The van der Waals surface area contributed by atoms with Crippen molar-refractivity contribution >= 4 is 39.1 Å². The number of hydrogen-bond acceptors (Lipinski definition) is 6. The van der Waals surface area contributed by atoms with E-state index in [4.69, 9.17) is 21.1 Å². The molecule has 3 aromatic rings. The third-order valence-corrected chi connectivity index (χ3v) is 9.94. The van der Waals surface area contributed by atoms with Gasteiger partial charge in [-0.25, -0.2) is 8.42 Å². The summed E-state index contributed by atoms with van der Waals surface area (Å²) in [6, 6.07) is 17.4. The first-order valence-corrected chi connectivity index (χ1v) is 16.5. The van der Waals surface area contributed by atoms with Crippen molar-refractivity contribution in [3.8, 4) is 11.5 Å². The topological polar surface area (TPSA) is 105 Å². The number of anilines is 1. The maximum Gasteiger partial charge on any atom is 0.264 e. The molecule has 0 aliphatic heterocycles. The fourth-order valence-corrected chi connectivity index (χ4v) is 6.95. The van der Waals surface area contributed by atoms with E-state index < -0.39 is 28.5 Å². The maximum absolute atomic E-state index is 14.3. The summed E-state index contributed by atoms with van der Waals surface area (Å²) >= 11 is 6.11. The SMILES string of the molecule is CCC(C(=O)NC1CCCC1)N(Cc1ccc(Cl)cc1)C(=O)CN(c1ccc(OC)c(OC)c1)S(=O)(=O)c1ccc(C)cc1. The number of ether oxygens (including phenoxy) is 2. The quantitative estimate of drug-likeness (QED) is 0.256. The van der Waals surface area contributed by atoms with Crippen molar-refractivity contribution in [2.45, 2.75) is 69.5 Å². The number of halogens is 1. The molecule has 1 atom stereocenters. The Balaban J connectivity index is 1.75. The molecule has 1 N–H and O–H groups in total. The van der Waals surface area contributed by atoms with Crippen molar-refractivity contribution < 1.29 is 27.5 Å². The Morgan fingerprint density at radius 3 is 2.18 bits per heavy atom. The number of carbonyl (C=O) groups excluding carboxylic acids is 2. The first-order valence-electron chi connectivity index (χ1n) is 14.7. The van der Waals surface area contributed by atoms with E-state index in [1.165, 1.54) is 37.3 Å². The van der Waals surface area contributed by atoms with E-state index in [9.17, 15) is 18.0 Å². The van der Waals surface area contributed by atoms with Gasteiger partial charge in [-0.05, 0) is 68.1 Å². The van der Waals surface area contributed by atoms with Crippen LogP contribution < -0.4 is 19.1 Å². The lowest BCUT2D eigenvalue weighted by Gasteiger charge is -2.34. The van der Waals surface area contributed by atoms with Gasteiger partial charge in [-0.3, -0.25) is 13.9 Å². The number of nitrogens with one attached hydrogen (secondary N) is 1. The minimum Gasteiger partial charge on any atom is -0.493 e. The van der Waals surface area contributed by atoms with Gasteiger partial charge in [0.1, 0.15) is 12.6 Å². The van der Waals surface area contributed by atoms with Gasteiger partial charge in [0.05, 0.1) is 24.8 Å². The second-order valence-corrected chi connectivity index (χ2v) is 13.2. The Labute approximate surface area is 265 Å². The van der Waals surface area contributed by atoms with Crippen LogP contribution in [0.2, 0.25) is 5.02 Å². The van der Waals surface area contributed by atoms with Crippen molar-refractivity contribution in [3.05, 3.63) is 82.9 Å². The number of carbonyl (C=O) groups is 2. The van der Waals surface area contributed by atoms with E-state index in [2.05, 4.69) is 5.32 Å². The molecule has 11 heteroatoms. The lowest BCUT2D eigenvalue weighted by atomic mass is 10.1. The normalized spacial score (nSPS) is 14.1. The highest BCUT2D eigenvalue weighted by Gasteiger charge is 2.35. The molecule has 1 aliphatic carbocycles. The van der Waals surface area contributed by atoms with Crippen molar-refractivity contribution in [1.29, 1.82) is 0 Å². The highest BCUT2D eigenvalue weighted by Crippen LogP contribution is 2.34. The van der Waals surface area contributed by atoms with Crippen LogP contribution in [0.3, 0.4) is 0 Å². The Morgan fingerprint density at radius 2 is 1.59 bits per heavy atom. The molecule has 0 bridgehead atoms. The zero-order chi connectivity index (χ0) is 31.9. The Kier molecular flexibility index (Phi) is 11.2. The van der Waals surface area contributed by atoms with Crippen LogP contribution in [0.15, 0.2) is 71.6 Å². The maximum atomic E-state index is 14.3. The van der Waals surface area contributed by atoms with Gasteiger partial charge >= 0.3 is 0 Å². The van der Waals surface area contributed by atoms with Crippen LogP contribution >= 0.6 is 11.6 Å². The molecule has 0 radical (unpaired) electrons. The molecule has 1 fully saturated rings. The zero-order valence-electron chi connectivity index (χ0n) is 25.6. The number of methoxy groups -OCH3 is 2. The zero-order valence-corrected chi connectivity index (χ0v) is 27.2. The summed E-state index contributed by atoms with van der Waals surface area (Å²) < 4.78 is 40.1. The molecule has 0 heterocycles. The first-order chi connectivity index (χ1) is 21.1. The number of benzene rings is 3. The number of nitrogens with zero attached hydrogens (tertiary/aromatic N) is 2. The third-order valence-electron chi connectivity index (χ3n) is 7.90. The summed E-state index contributed by atoms with van der Waals surface area (Å²) in [5.74, 6) is -0.0594. The van der Waals surface area contributed by atoms with E-state index >= 15 is 0 Å². The van der Waals surface area contributed by atoms with Crippen LogP contribution in [-0.4, -0.2) is 58.0 Å². The van der Waals surface area contributed by atoms with E-state index in [0.717, 1.165) is 41.1 Å². The fraction of sp³-hybridized carbons (Fsp3) is 0.394. The van der Waals surface area contributed by atoms with Gasteiger partial charge in [-0.1, -0.05) is 61.2 Å². The molecule has 0 saturated heterocycles. The van der Waals surface area contributed by atoms with Crippen LogP contribution in [0.1, 0.15) is 50.2 Å². The average molecular weight is 642 g/mol. The molecule has 0 aromatic heterocycles. The molecule has 1 aliphatic rings. The van der Waals surface area contributed by atoms with Gasteiger partial charge in [0.15, 0.2) is 11.5 Å². The number of hydrogen-bond donors (Lipinski definition) is 1. The molecule has 9 nitrogen and oxygen atoms in total. The lowest BCUT2D eigenvalue weighted by molar-refractivity contribution is -0.140. The first kappa shape index (κ1) is 33.1. The van der Waals surface area contributed by atoms with Gasteiger partial charge in [0.2, 0.25) is 11.8 Å². The highest BCUT2D eigenvalue weighted by atomic mass is 35.5. The minimum atomic E-state index is -4.22. The van der Waals surface area contributed by atoms with E-state index in [1.54, 1.807) is 48.5 Å². The van der Waals surface area contributed by atoms with Crippen LogP contribution in [0.5, 0.6) is 11.5 Å². The predicted molar refractivity (Wildman–Crippen MR) is 172 cm³/mol. The number of aryl methyl sites for hydroxylation is 1. The molecule has 236 valence electrons. The van der Waals surface area contributed by atoms with Crippen LogP contribution in [-0.2, 0) is 26.2 Å². The van der Waals surface area contributed by atoms with Crippen molar-refractivity contribution in [2.75, 3.05) is 25.1 Å². The van der Waals surface area contributed by atoms with Gasteiger partial charge in [0.25, 0.3) is 10.0 Å². The summed E-state index contributed by atoms with van der Waals surface area (Å²) in [7, 11) is -1.29. The predicted octanol–water partition coefficient (Wildman–Crippen LogP) is 5.73. The van der Waals surface area contributed by atoms with Crippen molar-refractivity contribution in [1.82, 2.24) is 10.2 Å². The number of amides is 2. The van der Waals surface area contributed by atoms with Crippen LogP contribution in [0.4, 0.5) is 5.69 Å². The largest absolute Gasteiger partial charge is 0.493 e. The van der Waals surface area contributed by atoms with Gasteiger partial charge in [-0.2, -0.15) is 0 Å². The molecular weight excluding hydrogens is 602 g/mol. The fourth-order valence-electron chi connectivity index (χ4n) is 5.42. The monoisotopic (exact) mass is 641 g/mol. The number of rotatable bonds is 13. The average Bonchev–Trinajstić information content (AvgIpc) is 3.53. The lowest BCUT2D eigenvalue weighted by Crippen LogP contribution is -2.53. The van der Waals surface area contributed by atoms with E-state index in [-0.39, 0.29) is 29.1 Å². The molecule has 1 unspecified atom stereocenters. The summed E-state index contributed by atoms with van der Waals surface area (Å²) in [4.78, 5) is 29.4. The molecule has 4 rings (SSSR count). The summed E-state index contributed by atoms with van der Waals surface area (Å²) in [6.07, 6.45) is 4.24. The minimum absolute atomic E-state index is 0.0287. The summed E-state index contributed by atoms with van der Waals surface area (Å²) in [5, 5.41) is 3.66. The van der Waals surface area contributed by atoms with Gasteiger partial charge < -0.3 is 19.7 Å². The Morgan fingerprint density at radius 1 is 0.955 bits per heavy atom. The second-order valence-electron chi connectivity index (χ2n) is 10.9. The standard InChI is InChI=1S/C33H40ClN3O6S/c1-5-29(33(39)35-26-8-6-7-9-26)36(21-24-12-14-25(34)15-13-24)32(38)22-37(27-16-19-30(42-3)31(20-27)43-4)44(40,41)28-17-10-23(2)11-18-28/h10-20,26,29H,5-9,21-22H2,1-4H3,(H,35,39). The Hall–Kier alpha value is -3.76. The molecule has 44 heavy (non-hydrogen) atoms. The summed E-state index contributed by atoms with van der Waals surface area (Å²) in [5.41, 5.74) is 1.87. The molecule has 3 aromatic carbocycles. The molecule has 1 saturated carbocycles. The second kappa shape index (κ2) is 14.8. The Bertz CT molecular complexity index is 1540. The van der Waals surface area contributed by atoms with E-state index in [1.807, 2.05) is 13.8 Å². The summed E-state index contributed by atoms with van der Waals surface area (Å²) in [6.45, 7) is 3.25. The van der Waals surface area contributed by atoms with Gasteiger partial charge in [0, 0.05) is 23.7 Å². The highest BCUT2D eigenvalue weighted by molar-refractivity contribution is 7.92. The number of sulfonamides is 1.